The summed E-state index contributed by atoms with van der Waals surface area (Å²) in [5.41, 5.74) is 8.89. The highest BCUT2D eigenvalue weighted by molar-refractivity contribution is 5.64. The average molecular weight is 556 g/mol. The lowest BCUT2D eigenvalue weighted by molar-refractivity contribution is -0.693. The van der Waals surface area contributed by atoms with E-state index in [1.165, 1.54) is 22.3 Å². The third-order valence-corrected chi connectivity index (χ3v) is 6.83. The zero-order valence-corrected chi connectivity index (χ0v) is 24.5. The first-order valence-corrected chi connectivity index (χ1v) is 14.3. The number of rotatable bonds is 3. The lowest BCUT2D eigenvalue weighted by Crippen LogP contribution is -2.30. The summed E-state index contributed by atoms with van der Waals surface area (Å²) in [4.78, 5) is 4.04. The Kier molecular flexibility index (Phi) is 9.86. The summed E-state index contributed by atoms with van der Waals surface area (Å²) in [6.07, 6.45) is 11.8. The van der Waals surface area contributed by atoms with E-state index < -0.39 is 0 Å². The number of benzene rings is 3. The Bertz CT molecular complexity index is 1850. The monoisotopic (exact) mass is 555 g/mol. The van der Waals surface area contributed by atoms with Gasteiger partial charge in [-0.25, -0.2) is 9.13 Å². The fraction of sp³-hybridized carbons (Fsp3) is 0.0750. The van der Waals surface area contributed by atoms with E-state index in [0.29, 0.717) is 0 Å². The second-order valence-corrected chi connectivity index (χ2v) is 9.93. The Morgan fingerprint density at radius 2 is 0.884 bits per heavy atom. The van der Waals surface area contributed by atoms with Gasteiger partial charge >= 0.3 is 0 Å². The van der Waals surface area contributed by atoms with Crippen molar-refractivity contribution in [1.29, 1.82) is 0 Å². The van der Waals surface area contributed by atoms with Crippen LogP contribution >= 0.6 is 0 Å². The van der Waals surface area contributed by atoms with Crippen molar-refractivity contribution in [2.45, 2.75) is 13.5 Å². The number of nitrogens with zero attached hydrogens (tertiary/aromatic N) is 3. The number of hydrogen-bond donors (Lipinski definition) is 0. The van der Waals surface area contributed by atoms with Gasteiger partial charge in [0, 0.05) is 58.9 Å². The average Bonchev–Trinajstić information content (AvgIpc) is 3.09. The van der Waals surface area contributed by atoms with Gasteiger partial charge in [0.1, 0.15) is 13.6 Å². The fourth-order valence-corrected chi connectivity index (χ4v) is 4.29. The van der Waals surface area contributed by atoms with Crippen LogP contribution in [0.4, 0.5) is 0 Å². The highest BCUT2D eigenvalue weighted by atomic mass is 14.9. The molecule has 0 N–H and O–H groups in total. The summed E-state index contributed by atoms with van der Waals surface area (Å²) in [6.45, 7) is 3.10. The highest BCUT2D eigenvalue weighted by Crippen LogP contribution is 2.19. The van der Waals surface area contributed by atoms with Gasteiger partial charge < -0.3 is 0 Å². The van der Waals surface area contributed by atoms with E-state index in [4.69, 9.17) is 0 Å². The lowest BCUT2D eigenvalue weighted by Gasteiger charge is -2.00. The molecular weight excluding hydrogens is 522 g/mol. The molecule has 0 spiro atoms. The topological polar surface area (TPSA) is 20.6 Å². The van der Waals surface area contributed by atoms with E-state index in [9.17, 15) is 0 Å². The quantitative estimate of drug-likeness (QED) is 0.170. The van der Waals surface area contributed by atoms with Gasteiger partial charge in [-0.3, -0.25) is 4.98 Å². The highest BCUT2D eigenvalue weighted by Gasteiger charge is 2.00. The van der Waals surface area contributed by atoms with E-state index in [2.05, 4.69) is 126 Å². The standard InChI is InChI=1S/C20H17N2.C20H16N/c1-2-22-15-11-18(12-16-22)4-3-17-5-7-19(8-6-17)20-9-13-21-14-10-20;1-21-15-13-20(14-16-21)19-11-9-18(10-12-19)8-7-17-5-3-2-4-6-17/h5-16H,2H2,1H3;2-6,9-16H,1H3/q2*+1. The van der Waals surface area contributed by atoms with Gasteiger partial charge in [-0.2, -0.15) is 0 Å². The third kappa shape index (κ3) is 8.61. The zero-order valence-electron chi connectivity index (χ0n) is 24.5. The van der Waals surface area contributed by atoms with Crippen molar-refractivity contribution in [1.82, 2.24) is 4.98 Å². The summed E-state index contributed by atoms with van der Waals surface area (Å²) >= 11 is 0. The van der Waals surface area contributed by atoms with Gasteiger partial charge in [0.05, 0.1) is 0 Å². The molecule has 3 heterocycles. The Labute approximate surface area is 254 Å². The van der Waals surface area contributed by atoms with Crippen LogP contribution in [0, 0.1) is 23.7 Å². The minimum absolute atomic E-state index is 0.976. The van der Waals surface area contributed by atoms with Crippen LogP contribution in [0.3, 0.4) is 0 Å². The van der Waals surface area contributed by atoms with E-state index in [-0.39, 0.29) is 0 Å². The van der Waals surface area contributed by atoms with Crippen LogP contribution in [0.2, 0.25) is 0 Å². The molecule has 0 radical (unpaired) electrons. The van der Waals surface area contributed by atoms with Crippen molar-refractivity contribution in [3.8, 4) is 45.9 Å². The molecule has 43 heavy (non-hydrogen) atoms. The minimum Gasteiger partial charge on any atom is -0.265 e. The first-order valence-electron chi connectivity index (χ1n) is 14.3. The van der Waals surface area contributed by atoms with Crippen molar-refractivity contribution in [2.75, 3.05) is 0 Å². The van der Waals surface area contributed by atoms with Crippen LogP contribution in [0.1, 0.15) is 29.2 Å². The molecule has 3 aromatic heterocycles. The van der Waals surface area contributed by atoms with Crippen LogP contribution in [-0.4, -0.2) is 4.98 Å². The second kappa shape index (κ2) is 14.7. The summed E-state index contributed by atoms with van der Waals surface area (Å²) in [6, 6.07) is 39.0. The third-order valence-electron chi connectivity index (χ3n) is 6.83. The molecule has 0 aliphatic heterocycles. The minimum atomic E-state index is 0.976. The molecule has 206 valence electrons. The van der Waals surface area contributed by atoms with E-state index in [1.54, 1.807) is 12.4 Å². The predicted octanol–water partition coefficient (Wildman–Crippen LogP) is 7.03. The molecule has 6 rings (SSSR count). The number of hydrogen-bond acceptors (Lipinski definition) is 1. The summed E-state index contributed by atoms with van der Waals surface area (Å²) in [7, 11) is 2.02. The molecule has 0 aliphatic rings. The van der Waals surface area contributed by atoms with Gasteiger partial charge in [-0.15, -0.1) is 0 Å². The van der Waals surface area contributed by atoms with Crippen molar-refractivity contribution in [3.05, 3.63) is 175 Å². The van der Waals surface area contributed by atoms with Gasteiger partial charge in [0.2, 0.25) is 0 Å². The molecule has 3 nitrogen and oxygen atoms in total. The normalized spacial score (nSPS) is 9.81. The maximum Gasteiger partial charge on any atom is 0.170 e. The van der Waals surface area contributed by atoms with Crippen LogP contribution in [0.15, 0.2) is 152 Å². The van der Waals surface area contributed by atoms with Crippen LogP contribution in [-0.2, 0) is 13.6 Å². The van der Waals surface area contributed by atoms with E-state index in [0.717, 1.165) is 28.8 Å². The van der Waals surface area contributed by atoms with Gasteiger partial charge in [0.15, 0.2) is 24.8 Å². The Balaban J connectivity index is 0.000000171. The molecule has 0 aliphatic carbocycles. The van der Waals surface area contributed by atoms with Crippen molar-refractivity contribution < 1.29 is 9.13 Å². The number of aryl methyl sites for hydroxylation is 2. The first kappa shape index (κ1) is 28.7. The largest absolute Gasteiger partial charge is 0.265 e. The van der Waals surface area contributed by atoms with Gasteiger partial charge in [0.25, 0.3) is 0 Å². The fourth-order valence-electron chi connectivity index (χ4n) is 4.29. The first-order chi connectivity index (χ1) is 21.2. The maximum atomic E-state index is 4.04. The molecule has 0 bridgehead atoms. The van der Waals surface area contributed by atoms with Gasteiger partial charge in [-0.1, -0.05) is 66.1 Å². The number of aromatic nitrogens is 3. The summed E-state index contributed by atoms with van der Waals surface area (Å²) in [5, 5.41) is 0. The zero-order chi connectivity index (χ0) is 29.7. The summed E-state index contributed by atoms with van der Waals surface area (Å²) in [5.74, 6) is 12.8. The molecule has 0 saturated heterocycles. The molecule has 0 fully saturated rings. The Morgan fingerprint density at radius 1 is 0.465 bits per heavy atom. The van der Waals surface area contributed by atoms with Crippen LogP contribution < -0.4 is 9.13 Å². The molecule has 3 heteroatoms. The van der Waals surface area contributed by atoms with Crippen LogP contribution in [0.25, 0.3) is 22.3 Å². The predicted molar refractivity (Wildman–Crippen MR) is 173 cm³/mol. The smallest absolute Gasteiger partial charge is 0.170 e. The maximum absolute atomic E-state index is 4.04. The van der Waals surface area contributed by atoms with E-state index in [1.807, 2.05) is 66.2 Å². The molecule has 6 aromatic rings. The second-order valence-electron chi connectivity index (χ2n) is 9.93. The SMILES string of the molecule is CC[n+]1ccc(C#Cc2ccc(-c3ccncc3)cc2)cc1.C[n+]1ccc(-c2ccc(C#Cc3ccccc3)cc2)cc1. The van der Waals surface area contributed by atoms with E-state index >= 15 is 0 Å². The lowest BCUT2D eigenvalue weighted by atomic mass is 10.1. The van der Waals surface area contributed by atoms with Crippen LogP contribution in [0.5, 0.6) is 0 Å². The Morgan fingerprint density at radius 3 is 1.37 bits per heavy atom. The molecule has 0 unspecified atom stereocenters. The number of pyridine rings is 3. The summed E-state index contributed by atoms with van der Waals surface area (Å²) < 4.78 is 4.15. The van der Waals surface area contributed by atoms with Crippen molar-refractivity contribution in [2.24, 2.45) is 7.05 Å². The molecular formula is C40H33N3+2. The molecule has 0 saturated carbocycles. The molecule has 3 aromatic carbocycles. The molecule has 0 amide bonds. The van der Waals surface area contributed by atoms with Gasteiger partial charge in [-0.05, 0) is 77.7 Å². The molecule has 0 atom stereocenters. The van der Waals surface area contributed by atoms with Crippen molar-refractivity contribution >= 4 is 0 Å². The van der Waals surface area contributed by atoms with Crippen molar-refractivity contribution in [3.63, 3.8) is 0 Å². The Hall–Kier alpha value is -5.77.